The van der Waals surface area contributed by atoms with Crippen LogP contribution in [0.4, 0.5) is 9.93 Å². The predicted molar refractivity (Wildman–Crippen MR) is 130 cm³/mol. The van der Waals surface area contributed by atoms with Gasteiger partial charge in [0.2, 0.25) is 5.13 Å². The standard InChI is InChI=1S/C24H38N4O5S/c1-13(2)7-8-17-23(5,33-17)20-19(31-6)15(9-10-24(20)12-32-24)28(22(29)30)16(14(3)4)11-18-26-27-21(25)34-18/h7,14-17,19-20H,8-12H2,1-6H3,(H2,25,27)(H,29,30)/t15-,16+,17-,19-,20-,23+,24+/m1/s1. The van der Waals surface area contributed by atoms with Gasteiger partial charge < -0.3 is 25.1 Å². The van der Waals surface area contributed by atoms with Crippen molar-refractivity contribution in [1.29, 1.82) is 0 Å². The SMILES string of the molecule is CO[C@@H]1[C@H](N(C(=O)O)[C@@H](Cc2nnc(N)s2)C(C)C)CC[C@]2(CO2)[C@H]1[C@@]1(C)O[C@@H]1CC=C(C)C. The third kappa shape index (κ3) is 4.69. The molecule has 9 nitrogen and oxygen atoms in total. The van der Waals surface area contributed by atoms with Gasteiger partial charge in [0.15, 0.2) is 0 Å². The first-order chi connectivity index (χ1) is 16.0. The van der Waals surface area contributed by atoms with Crippen LogP contribution in [0.3, 0.4) is 0 Å². The molecular weight excluding hydrogens is 456 g/mol. The summed E-state index contributed by atoms with van der Waals surface area (Å²) in [6, 6.07) is -0.596. The van der Waals surface area contributed by atoms with Gasteiger partial charge in [-0.2, -0.15) is 0 Å². The van der Waals surface area contributed by atoms with Crippen molar-refractivity contribution in [2.45, 2.75) is 95.8 Å². The number of methoxy groups -OCH3 is 1. The first-order valence-electron chi connectivity index (χ1n) is 12.1. The molecule has 1 spiro atoms. The van der Waals surface area contributed by atoms with Gasteiger partial charge in [0, 0.05) is 25.5 Å². The molecule has 3 aliphatic rings. The van der Waals surface area contributed by atoms with Crippen LogP contribution in [0, 0.1) is 11.8 Å². The van der Waals surface area contributed by atoms with E-state index in [9.17, 15) is 9.90 Å². The van der Waals surface area contributed by atoms with Crippen LogP contribution in [0.15, 0.2) is 11.6 Å². The van der Waals surface area contributed by atoms with E-state index in [4.69, 9.17) is 19.9 Å². The zero-order valence-electron chi connectivity index (χ0n) is 21.0. The molecule has 10 heteroatoms. The Morgan fingerprint density at radius 3 is 2.62 bits per heavy atom. The third-order valence-electron chi connectivity index (χ3n) is 7.83. The van der Waals surface area contributed by atoms with Crippen molar-refractivity contribution in [2.24, 2.45) is 11.8 Å². The summed E-state index contributed by atoms with van der Waals surface area (Å²) in [6.07, 6.45) is 3.76. The summed E-state index contributed by atoms with van der Waals surface area (Å²) < 4.78 is 18.5. The van der Waals surface area contributed by atoms with Gasteiger partial charge in [0.1, 0.15) is 10.6 Å². The van der Waals surface area contributed by atoms with Crippen molar-refractivity contribution >= 4 is 22.6 Å². The number of allylic oxidation sites excluding steroid dienone is 1. The molecule has 7 atom stereocenters. The van der Waals surface area contributed by atoms with Gasteiger partial charge in [0.25, 0.3) is 0 Å². The van der Waals surface area contributed by atoms with E-state index in [1.165, 1.54) is 16.9 Å². The van der Waals surface area contributed by atoms with Crippen LogP contribution in [0.1, 0.15) is 58.9 Å². The van der Waals surface area contributed by atoms with E-state index in [-0.39, 0.29) is 41.7 Å². The molecule has 1 saturated carbocycles. The van der Waals surface area contributed by atoms with Crippen LogP contribution in [0.5, 0.6) is 0 Å². The van der Waals surface area contributed by atoms with Crippen molar-refractivity contribution in [3.8, 4) is 0 Å². The van der Waals surface area contributed by atoms with Gasteiger partial charge in [-0.05, 0) is 46.0 Å². The monoisotopic (exact) mass is 494 g/mol. The molecule has 190 valence electrons. The Morgan fingerprint density at radius 2 is 2.12 bits per heavy atom. The molecule has 2 aliphatic heterocycles. The number of rotatable bonds is 9. The second-order valence-corrected chi connectivity index (χ2v) is 11.8. The number of ether oxygens (including phenoxy) is 3. The lowest BCUT2D eigenvalue weighted by molar-refractivity contribution is -0.101. The lowest BCUT2D eigenvalue weighted by atomic mass is 9.67. The number of aromatic nitrogens is 2. The van der Waals surface area contributed by atoms with Crippen LogP contribution < -0.4 is 5.73 Å². The van der Waals surface area contributed by atoms with Gasteiger partial charge in [-0.1, -0.05) is 36.8 Å². The van der Waals surface area contributed by atoms with E-state index >= 15 is 0 Å². The third-order valence-corrected chi connectivity index (χ3v) is 8.61. The summed E-state index contributed by atoms with van der Waals surface area (Å²) in [7, 11) is 1.68. The van der Waals surface area contributed by atoms with Gasteiger partial charge in [0.05, 0.1) is 30.5 Å². The fraction of sp³-hybridized carbons (Fsp3) is 0.792. The van der Waals surface area contributed by atoms with Gasteiger partial charge >= 0.3 is 6.09 Å². The molecule has 3 heterocycles. The molecule has 0 aromatic carbocycles. The van der Waals surface area contributed by atoms with E-state index < -0.39 is 11.7 Å². The normalized spacial score (nSPS) is 35.3. The quantitative estimate of drug-likeness (QED) is 0.393. The number of nitrogens with two attached hydrogens (primary N) is 1. The zero-order valence-corrected chi connectivity index (χ0v) is 21.8. The molecule has 3 N–H and O–H groups in total. The van der Waals surface area contributed by atoms with E-state index in [1.54, 1.807) is 12.0 Å². The topological polar surface area (TPSA) is 127 Å². The number of carboxylic acid groups (broad SMARTS) is 1. The smallest absolute Gasteiger partial charge is 0.407 e. The Labute approximate surface area is 205 Å². The van der Waals surface area contributed by atoms with E-state index in [1.807, 2.05) is 13.8 Å². The molecule has 0 radical (unpaired) electrons. The minimum Gasteiger partial charge on any atom is -0.465 e. The van der Waals surface area contributed by atoms with Crippen LogP contribution in [-0.2, 0) is 20.6 Å². The minimum absolute atomic E-state index is 0.0499. The average molecular weight is 495 g/mol. The van der Waals surface area contributed by atoms with Crippen molar-refractivity contribution in [3.63, 3.8) is 0 Å². The highest BCUT2D eigenvalue weighted by molar-refractivity contribution is 7.15. The molecule has 4 rings (SSSR count). The number of nitrogens with zero attached hydrogens (tertiary/aromatic N) is 3. The Hall–Kier alpha value is -1.75. The highest BCUT2D eigenvalue weighted by Crippen LogP contribution is 2.60. The molecule has 34 heavy (non-hydrogen) atoms. The number of carbonyl (C=O) groups is 1. The first-order valence-corrected chi connectivity index (χ1v) is 12.9. The van der Waals surface area contributed by atoms with Crippen LogP contribution >= 0.6 is 11.3 Å². The maximum absolute atomic E-state index is 12.7. The molecule has 2 saturated heterocycles. The summed E-state index contributed by atoms with van der Waals surface area (Å²) in [6.45, 7) is 11.1. The number of nitrogen functional groups attached to an aromatic ring is 1. The van der Waals surface area contributed by atoms with Crippen LogP contribution in [0.2, 0.25) is 0 Å². The highest BCUT2D eigenvalue weighted by atomic mass is 32.1. The van der Waals surface area contributed by atoms with Gasteiger partial charge in [-0.25, -0.2) is 4.79 Å². The fourth-order valence-corrected chi connectivity index (χ4v) is 6.63. The minimum atomic E-state index is -0.947. The molecular formula is C24H38N4O5S. The van der Waals surface area contributed by atoms with Crippen LogP contribution in [0.25, 0.3) is 0 Å². The van der Waals surface area contributed by atoms with Crippen LogP contribution in [-0.4, -0.2) is 75.5 Å². The summed E-state index contributed by atoms with van der Waals surface area (Å²) in [4.78, 5) is 14.3. The molecule has 1 amide bonds. The Kier molecular flexibility index (Phi) is 6.98. The van der Waals surface area contributed by atoms with E-state index in [0.717, 1.165) is 17.8 Å². The molecule has 3 fully saturated rings. The zero-order chi connectivity index (χ0) is 24.8. The Morgan fingerprint density at radius 1 is 1.41 bits per heavy atom. The summed E-state index contributed by atoms with van der Waals surface area (Å²) >= 11 is 1.31. The second kappa shape index (κ2) is 9.37. The molecule has 1 aromatic heterocycles. The largest absolute Gasteiger partial charge is 0.465 e. The number of amides is 1. The lowest BCUT2D eigenvalue weighted by Crippen LogP contribution is -2.63. The molecule has 1 aromatic rings. The predicted octanol–water partition coefficient (Wildman–Crippen LogP) is 3.74. The Balaban J connectivity index is 1.63. The average Bonchev–Trinajstić information content (AvgIpc) is 3.63. The van der Waals surface area contributed by atoms with Crippen molar-refractivity contribution in [3.05, 3.63) is 16.7 Å². The summed E-state index contributed by atoms with van der Waals surface area (Å²) in [5.41, 5.74) is 6.34. The fourth-order valence-electron chi connectivity index (χ4n) is 5.97. The first kappa shape index (κ1) is 25.3. The van der Waals surface area contributed by atoms with Crippen molar-refractivity contribution < 1.29 is 24.1 Å². The Bertz CT molecular complexity index is 928. The maximum Gasteiger partial charge on any atom is 0.407 e. The molecule has 1 aliphatic carbocycles. The van der Waals surface area contributed by atoms with Gasteiger partial charge in [-0.15, -0.1) is 10.2 Å². The van der Waals surface area contributed by atoms with Crippen molar-refractivity contribution in [1.82, 2.24) is 15.1 Å². The number of hydrogen-bond donors (Lipinski definition) is 2. The van der Waals surface area contributed by atoms with E-state index in [2.05, 4.69) is 37.0 Å². The lowest BCUT2D eigenvalue weighted by Gasteiger charge is -2.49. The second-order valence-electron chi connectivity index (χ2n) is 10.7. The number of hydrogen-bond acceptors (Lipinski definition) is 8. The maximum atomic E-state index is 12.7. The molecule has 0 bridgehead atoms. The highest BCUT2D eigenvalue weighted by Gasteiger charge is 2.72. The number of epoxide rings is 2. The summed E-state index contributed by atoms with van der Waals surface area (Å²) in [5.74, 6) is 0.0227. The number of anilines is 1. The van der Waals surface area contributed by atoms with Crippen molar-refractivity contribution in [2.75, 3.05) is 19.5 Å². The van der Waals surface area contributed by atoms with E-state index in [0.29, 0.717) is 24.6 Å². The molecule has 0 unspecified atom stereocenters. The summed E-state index contributed by atoms with van der Waals surface area (Å²) in [5, 5.41) is 19.6. The van der Waals surface area contributed by atoms with Gasteiger partial charge in [-0.3, -0.25) is 4.90 Å².